The van der Waals surface area contributed by atoms with Crippen molar-refractivity contribution >= 4 is 17.8 Å². The van der Waals surface area contributed by atoms with Gasteiger partial charge >= 0.3 is 5.97 Å². The van der Waals surface area contributed by atoms with Crippen LogP contribution in [0.2, 0.25) is 0 Å². The van der Waals surface area contributed by atoms with E-state index in [0.29, 0.717) is 51.6 Å². The number of carboxylic acids is 1. The Bertz CT molecular complexity index is 611. The number of hydrogen-bond donors (Lipinski definition) is 2. The molecular formula is C24H41N3O5. The zero-order valence-corrected chi connectivity index (χ0v) is 19.4. The largest absolute Gasteiger partial charge is 0.480 e. The van der Waals surface area contributed by atoms with E-state index in [1.165, 1.54) is 25.7 Å². The van der Waals surface area contributed by atoms with Crippen molar-refractivity contribution in [3.8, 4) is 0 Å². The fourth-order valence-corrected chi connectivity index (χ4v) is 5.30. The molecule has 2 saturated heterocycles. The molecule has 3 rings (SSSR count). The van der Waals surface area contributed by atoms with Crippen LogP contribution in [-0.2, 0) is 19.1 Å². The molecule has 1 aliphatic carbocycles. The molecule has 2 heterocycles. The molecule has 0 radical (unpaired) electrons. The van der Waals surface area contributed by atoms with Crippen molar-refractivity contribution in [3.05, 3.63) is 0 Å². The van der Waals surface area contributed by atoms with Crippen molar-refractivity contribution < 1.29 is 24.2 Å². The standard InChI is InChI=1S/C24H41N3O5/c28-22(27-13-15-32-16-14-27)18-20(17-19-7-3-1-4-8-19)23(29)25-21(24(30)31)9-12-26-10-5-2-6-11-26/h19-21H,1-18H2,(H,25,29)(H,30,31). The zero-order chi connectivity index (χ0) is 22.8. The first kappa shape index (κ1) is 25.0. The normalized spacial score (nSPS) is 22.8. The second-order valence-electron chi connectivity index (χ2n) is 9.72. The SMILES string of the molecule is O=C(NC(CCN1CCCCC1)C(=O)O)C(CC(=O)N1CCOCC1)CC1CCCCC1. The van der Waals surface area contributed by atoms with E-state index in [-0.39, 0.29) is 18.2 Å². The molecule has 1 saturated carbocycles. The number of morpholine rings is 1. The molecule has 3 fully saturated rings. The number of nitrogens with one attached hydrogen (secondary N) is 1. The van der Waals surface area contributed by atoms with Crippen LogP contribution in [0, 0.1) is 11.8 Å². The van der Waals surface area contributed by atoms with E-state index in [1.807, 2.05) is 0 Å². The first-order chi connectivity index (χ1) is 15.5. The highest BCUT2D eigenvalue weighted by Gasteiger charge is 2.31. The van der Waals surface area contributed by atoms with Gasteiger partial charge in [0, 0.05) is 32.0 Å². The number of carbonyl (C=O) groups is 3. The number of ether oxygens (including phenoxy) is 1. The summed E-state index contributed by atoms with van der Waals surface area (Å²) in [4.78, 5) is 42.0. The maximum Gasteiger partial charge on any atom is 0.326 e. The third-order valence-electron chi connectivity index (χ3n) is 7.30. The highest BCUT2D eigenvalue weighted by atomic mass is 16.5. The van der Waals surface area contributed by atoms with E-state index in [9.17, 15) is 19.5 Å². The van der Waals surface area contributed by atoms with Gasteiger partial charge in [-0.2, -0.15) is 0 Å². The Morgan fingerprint density at radius 2 is 1.59 bits per heavy atom. The Hall–Kier alpha value is -1.67. The lowest BCUT2D eigenvalue weighted by Gasteiger charge is -2.31. The van der Waals surface area contributed by atoms with E-state index in [1.54, 1.807) is 4.90 Å². The number of rotatable bonds is 10. The van der Waals surface area contributed by atoms with Gasteiger partial charge in [-0.25, -0.2) is 4.79 Å². The van der Waals surface area contributed by atoms with Crippen LogP contribution in [0.15, 0.2) is 0 Å². The summed E-state index contributed by atoms with van der Waals surface area (Å²) in [6, 6.07) is -0.906. The van der Waals surface area contributed by atoms with Gasteiger partial charge in [-0.05, 0) is 44.7 Å². The topological polar surface area (TPSA) is 99.2 Å². The first-order valence-electron chi connectivity index (χ1n) is 12.6. The summed E-state index contributed by atoms with van der Waals surface area (Å²) in [5, 5.41) is 12.5. The van der Waals surface area contributed by atoms with Gasteiger partial charge in [0.15, 0.2) is 0 Å². The van der Waals surface area contributed by atoms with Crippen molar-refractivity contribution in [2.24, 2.45) is 11.8 Å². The third kappa shape index (κ3) is 8.03. The third-order valence-corrected chi connectivity index (χ3v) is 7.30. The molecule has 2 unspecified atom stereocenters. The van der Waals surface area contributed by atoms with Crippen LogP contribution >= 0.6 is 0 Å². The number of carbonyl (C=O) groups excluding carboxylic acids is 2. The summed E-state index contributed by atoms with van der Waals surface area (Å²) in [6.45, 7) is 4.86. The van der Waals surface area contributed by atoms with Gasteiger partial charge in [0.05, 0.1) is 13.2 Å². The minimum atomic E-state index is -0.994. The summed E-state index contributed by atoms with van der Waals surface area (Å²) < 4.78 is 5.34. The summed E-state index contributed by atoms with van der Waals surface area (Å²) in [5.74, 6) is -1.32. The van der Waals surface area contributed by atoms with E-state index >= 15 is 0 Å². The molecule has 182 valence electrons. The molecule has 8 heteroatoms. The fraction of sp³-hybridized carbons (Fsp3) is 0.875. The van der Waals surface area contributed by atoms with E-state index in [0.717, 1.165) is 38.8 Å². The molecular weight excluding hydrogens is 410 g/mol. The molecule has 2 N–H and O–H groups in total. The van der Waals surface area contributed by atoms with Gasteiger partial charge in [0.2, 0.25) is 11.8 Å². The maximum absolute atomic E-state index is 13.2. The van der Waals surface area contributed by atoms with Crippen molar-refractivity contribution in [1.82, 2.24) is 15.1 Å². The molecule has 0 aromatic rings. The minimum absolute atomic E-state index is 0.0237. The van der Waals surface area contributed by atoms with Gasteiger partial charge < -0.3 is 25.0 Å². The minimum Gasteiger partial charge on any atom is -0.480 e. The smallest absolute Gasteiger partial charge is 0.326 e. The summed E-state index contributed by atoms with van der Waals surface area (Å²) in [6.07, 6.45) is 10.5. The van der Waals surface area contributed by atoms with Gasteiger partial charge in [0.25, 0.3) is 0 Å². The van der Waals surface area contributed by atoms with E-state index in [2.05, 4.69) is 10.2 Å². The zero-order valence-electron chi connectivity index (χ0n) is 19.4. The molecule has 2 aliphatic heterocycles. The number of likely N-dealkylation sites (tertiary alicyclic amines) is 1. The fourth-order valence-electron chi connectivity index (χ4n) is 5.30. The second-order valence-corrected chi connectivity index (χ2v) is 9.72. The molecule has 2 amide bonds. The van der Waals surface area contributed by atoms with Gasteiger partial charge in [0.1, 0.15) is 6.04 Å². The quantitative estimate of drug-likeness (QED) is 0.529. The number of piperidine rings is 1. The van der Waals surface area contributed by atoms with Crippen LogP contribution in [0.5, 0.6) is 0 Å². The van der Waals surface area contributed by atoms with Crippen LogP contribution in [0.4, 0.5) is 0 Å². The summed E-state index contributed by atoms with van der Waals surface area (Å²) in [7, 11) is 0. The van der Waals surface area contributed by atoms with Crippen LogP contribution in [-0.4, -0.2) is 84.7 Å². The number of nitrogens with zero attached hydrogens (tertiary/aromatic N) is 2. The van der Waals surface area contributed by atoms with Crippen molar-refractivity contribution in [1.29, 1.82) is 0 Å². The van der Waals surface area contributed by atoms with Crippen molar-refractivity contribution in [3.63, 3.8) is 0 Å². The molecule has 0 spiro atoms. The summed E-state index contributed by atoms with van der Waals surface area (Å²) >= 11 is 0. The van der Waals surface area contributed by atoms with Crippen LogP contribution < -0.4 is 5.32 Å². The molecule has 0 bridgehead atoms. The molecule has 2 atom stereocenters. The molecule has 8 nitrogen and oxygen atoms in total. The lowest BCUT2D eigenvalue weighted by Crippen LogP contribution is -2.47. The second kappa shape index (κ2) is 13.1. The van der Waals surface area contributed by atoms with Crippen LogP contribution in [0.1, 0.15) is 70.6 Å². The van der Waals surface area contributed by atoms with Gasteiger partial charge in [-0.1, -0.05) is 38.5 Å². The molecule has 32 heavy (non-hydrogen) atoms. The molecule has 0 aromatic heterocycles. The van der Waals surface area contributed by atoms with E-state index in [4.69, 9.17) is 4.74 Å². The van der Waals surface area contributed by atoms with Crippen LogP contribution in [0.25, 0.3) is 0 Å². The predicted octanol–water partition coefficient (Wildman–Crippen LogP) is 2.27. The van der Waals surface area contributed by atoms with Crippen molar-refractivity contribution in [2.75, 3.05) is 45.9 Å². The highest BCUT2D eigenvalue weighted by Crippen LogP contribution is 2.30. The lowest BCUT2D eigenvalue weighted by atomic mass is 9.81. The molecule has 0 aromatic carbocycles. The monoisotopic (exact) mass is 451 g/mol. The van der Waals surface area contributed by atoms with Crippen LogP contribution in [0.3, 0.4) is 0 Å². The van der Waals surface area contributed by atoms with Gasteiger partial charge in [-0.3, -0.25) is 9.59 Å². The van der Waals surface area contributed by atoms with Crippen molar-refractivity contribution in [2.45, 2.75) is 76.7 Å². The maximum atomic E-state index is 13.2. The predicted molar refractivity (Wildman–Crippen MR) is 121 cm³/mol. The van der Waals surface area contributed by atoms with Gasteiger partial charge in [-0.15, -0.1) is 0 Å². The number of carboxylic acid groups (broad SMARTS) is 1. The lowest BCUT2D eigenvalue weighted by molar-refractivity contribution is -0.144. The Labute approximate surface area is 192 Å². The number of hydrogen-bond acceptors (Lipinski definition) is 5. The Kier molecular flexibility index (Phi) is 10.2. The number of aliphatic carboxylic acids is 1. The summed E-state index contributed by atoms with van der Waals surface area (Å²) in [5.41, 5.74) is 0. The van der Waals surface area contributed by atoms with E-state index < -0.39 is 17.9 Å². The highest BCUT2D eigenvalue weighted by molar-refractivity contribution is 5.88. The molecule has 3 aliphatic rings. The Balaban J connectivity index is 1.58. The number of amides is 2. The average molecular weight is 452 g/mol. The Morgan fingerprint density at radius 1 is 0.938 bits per heavy atom. The first-order valence-corrected chi connectivity index (χ1v) is 12.6. The Morgan fingerprint density at radius 3 is 2.25 bits per heavy atom. The average Bonchev–Trinajstić information content (AvgIpc) is 2.82.